The third kappa shape index (κ3) is 6.46. The predicted molar refractivity (Wildman–Crippen MR) is 122 cm³/mol. The van der Waals surface area contributed by atoms with Crippen LogP contribution in [-0.2, 0) is 21.4 Å². The second kappa shape index (κ2) is 10.5. The molecule has 0 saturated heterocycles. The average molecular weight is 474 g/mol. The van der Waals surface area contributed by atoms with E-state index in [-0.39, 0.29) is 11.4 Å². The number of hydrogen-bond donors (Lipinski definition) is 1. The highest BCUT2D eigenvalue weighted by atomic mass is 35.5. The molecule has 6 nitrogen and oxygen atoms in total. The van der Waals surface area contributed by atoms with Crippen molar-refractivity contribution in [3.63, 3.8) is 0 Å². The van der Waals surface area contributed by atoms with E-state index in [1.807, 2.05) is 31.2 Å². The predicted octanol–water partition coefficient (Wildman–Crippen LogP) is 4.13. The van der Waals surface area contributed by atoms with Gasteiger partial charge in [-0.15, -0.1) is 0 Å². The van der Waals surface area contributed by atoms with E-state index in [1.165, 1.54) is 54.7 Å². The van der Waals surface area contributed by atoms with Crippen molar-refractivity contribution in [2.45, 2.75) is 18.4 Å². The molecule has 1 amide bonds. The van der Waals surface area contributed by atoms with Gasteiger partial charge in [-0.2, -0.15) is 9.41 Å². The maximum atomic E-state index is 13.3. The van der Waals surface area contributed by atoms with Crippen LogP contribution >= 0.6 is 11.6 Å². The number of nitrogens with zero attached hydrogens (tertiary/aromatic N) is 2. The summed E-state index contributed by atoms with van der Waals surface area (Å²) in [5.74, 6) is -1.06. The molecule has 0 aliphatic carbocycles. The number of halogens is 2. The van der Waals surface area contributed by atoms with Crippen LogP contribution in [0.1, 0.15) is 16.7 Å². The summed E-state index contributed by atoms with van der Waals surface area (Å²) in [7, 11) is -4.04. The Morgan fingerprint density at radius 1 is 1.09 bits per heavy atom. The second-order valence-corrected chi connectivity index (χ2v) is 9.44. The quantitative estimate of drug-likeness (QED) is 0.394. The molecule has 0 aromatic heterocycles. The molecule has 3 aromatic carbocycles. The van der Waals surface area contributed by atoms with Gasteiger partial charge in [-0.25, -0.2) is 18.2 Å². The maximum Gasteiger partial charge on any atom is 0.255 e. The summed E-state index contributed by atoms with van der Waals surface area (Å²) in [5.41, 5.74) is 4.71. The molecule has 0 fully saturated rings. The summed E-state index contributed by atoms with van der Waals surface area (Å²) in [6.07, 6.45) is 1.48. The molecule has 1 N–H and O–H groups in total. The van der Waals surface area contributed by atoms with Crippen molar-refractivity contribution in [3.8, 4) is 0 Å². The van der Waals surface area contributed by atoms with Crippen molar-refractivity contribution in [1.29, 1.82) is 0 Å². The third-order valence-electron chi connectivity index (χ3n) is 4.49. The fourth-order valence-corrected chi connectivity index (χ4v) is 4.41. The van der Waals surface area contributed by atoms with E-state index in [9.17, 15) is 17.6 Å². The van der Waals surface area contributed by atoms with E-state index in [0.717, 1.165) is 15.4 Å². The fourth-order valence-electron chi connectivity index (χ4n) is 2.90. The maximum absolute atomic E-state index is 13.3. The van der Waals surface area contributed by atoms with E-state index < -0.39 is 28.3 Å². The zero-order valence-corrected chi connectivity index (χ0v) is 18.8. The van der Waals surface area contributed by atoms with Crippen LogP contribution in [0.25, 0.3) is 0 Å². The van der Waals surface area contributed by atoms with Crippen LogP contribution in [-0.4, -0.2) is 31.4 Å². The molecule has 0 saturated carbocycles. The lowest BCUT2D eigenvalue weighted by Crippen LogP contribution is -2.39. The molecule has 0 aliphatic heterocycles. The van der Waals surface area contributed by atoms with Crippen LogP contribution in [0.4, 0.5) is 4.39 Å². The number of carbonyl (C=O) groups is 1. The van der Waals surface area contributed by atoms with Crippen molar-refractivity contribution in [3.05, 3.63) is 100 Å². The number of sulfonamides is 1. The van der Waals surface area contributed by atoms with Gasteiger partial charge in [0.25, 0.3) is 5.91 Å². The Morgan fingerprint density at radius 2 is 1.78 bits per heavy atom. The molecule has 0 radical (unpaired) electrons. The molecular weight excluding hydrogens is 453 g/mol. The molecule has 32 heavy (non-hydrogen) atoms. The Balaban J connectivity index is 1.79. The summed E-state index contributed by atoms with van der Waals surface area (Å²) >= 11 is 5.86. The van der Waals surface area contributed by atoms with E-state index in [0.29, 0.717) is 10.6 Å². The van der Waals surface area contributed by atoms with Crippen LogP contribution < -0.4 is 5.43 Å². The molecule has 9 heteroatoms. The number of hydrogen-bond acceptors (Lipinski definition) is 4. The molecule has 0 spiro atoms. The zero-order valence-electron chi connectivity index (χ0n) is 17.2. The number of amides is 1. The Bertz CT molecular complexity index is 1210. The van der Waals surface area contributed by atoms with E-state index >= 15 is 0 Å². The first kappa shape index (κ1) is 23.6. The first-order chi connectivity index (χ1) is 15.2. The minimum Gasteiger partial charge on any atom is -0.272 e. The summed E-state index contributed by atoms with van der Waals surface area (Å²) in [5, 5.41) is 4.29. The van der Waals surface area contributed by atoms with Gasteiger partial charge >= 0.3 is 0 Å². The van der Waals surface area contributed by atoms with Crippen LogP contribution in [0.2, 0.25) is 5.02 Å². The van der Waals surface area contributed by atoms with Gasteiger partial charge in [0.15, 0.2) is 0 Å². The van der Waals surface area contributed by atoms with Crippen LogP contribution in [0.3, 0.4) is 0 Å². The highest BCUT2D eigenvalue weighted by molar-refractivity contribution is 7.89. The zero-order chi connectivity index (χ0) is 23.1. The number of carbonyl (C=O) groups excluding carboxylic acids is 1. The van der Waals surface area contributed by atoms with Crippen molar-refractivity contribution >= 4 is 33.7 Å². The van der Waals surface area contributed by atoms with E-state index in [1.54, 1.807) is 0 Å². The van der Waals surface area contributed by atoms with Gasteiger partial charge in [-0.05, 0) is 54.4 Å². The summed E-state index contributed by atoms with van der Waals surface area (Å²) in [4.78, 5) is 12.5. The molecule has 0 aliphatic rings. The fraction of sp³-hybridized carbons (Fsp3) is 0.130. The summed E-state index contributed by atoms with van der Waals surface area (Å²) < 4.78 is 40.6. The van der Waals surface area contributed by atoms with Gasteiger partial charge in [0.2, 0.25) is 10.0 Å². The van der Waals surface area contributed by atoms with Crippen LogP contribution in [0, 0.1) is 12.7 Å². The van der Waals surface area contributed by atoms with Crippen molar-refractivity contribution < 1.29 is 17.6 Å². The van der Waals surface area contributed by atoms with E-state index in [2.05, 4.69) is 10.5 Å². The van der Waals surface area contributed by atoms with Crippen molar-refractivity contribution in [2.24, 2.45) is 5.10 Å². The molecular formula is C23H21ClFN3O3S. The normalized spacial score (nSPS) is 11.8. The average Bonchev–Trinajstić information content (AvgIpc) is 2.75. The molecule has 3 rings (SSSR count). The summed E-state index contributed by atoms with van der Waals surface area (Å²) in [6.45, 7) is 1.33. The highest BCUT2D eigenvalue weighted by Gasteiger charge is 2.27. The number of hydrazone groups is 1. The first-order valence-corrected chi connectivity index (χ1v) is 11.4. The number of benzene rings is 3. The topological polar surface area (TPSA) is 78.8 Å². The van der Waals surface area contributed by atoms with Crippen molar-refractivity contribution in [2.75, 3.05) is 6.54 Å². The molecule has 3 aromatic rings. The Labute approximate surface area is 191 Å². The lowest BCUT2D eigenvalue weighted by molar-refractivity contribution is -0.121. The molecule has 0 unspecified atom stereocenters. The lowest BCUT2D eigenvalue weighted by Gasteiger charge is -2.21. The number of aryl methyl sites for hydroxylation is 1. The monoisotopic (exact) mass is 473 g/mol. The lowest BCUT2D eigenvalue weighted by atomic mass is 10.2. The van der Waals surface area contributed by atoms with Crippen LogP contribution in [0.15, 0.2) is 82.8 Å². The molecule has 0 atom stereocenters. The Kier molecular flexibility index (Phi) is 7.74. The van der Waals surface area contributed by atoms with Gasteiger partial charge in [0.1, 0.15) is 5.82 Å². The SMILES string of the molecule is Cc1cccc(/C=N\NC(=O)CN(Cc2ccc(F)cc2)S(=O)(=O)c2ccc(Cl)cc2)c1. The standard InChI is InChI=1S/C23H21ClFN3O3S/c1-17-3-2-4-19(13-17)14-26-27-23(29)16-28(15-18-5-9-21(25)10-6-18)32(30,31)22-11-7-20(24)8-12-22/h2-14H,15-16H2,1H3,(H,27,29)/b26-14-. The van der Waals surface area contributed by atoms with Gasteiger partial charge in [-0.3, -0.25) is 4.79 Å². The molecule has 0 bridgehead atoms. The van der Waals surface area contributed by atoms with Gasteiger partial charge in [0, 0.05) is 11.6 Å². The smallest absolute Gasteiger partial charge is 0.255 e. The minimum absolute atomic E-state index is 0.0138. The van der Waals surface area contributed by atoms with Gasteiger partial charge < -0.3 is 0 Å². The van der Waals surface area contributed by atoms with Gasteiger partial charge in [0.05, 0.1) is 17.7 Å². The molecule has 166 valence electrons. The largest absolute Gasteiger partial charge is 0.272 e. The van der Waals surface area contributed by atoms with Gasteiger partial charge in [-0.1, -0.05) is 53.6 Å². The number of rotatable bonds is 8. The van der Waals surface area contributed by atoms with E-state index in [4.69, 9.17) is 11.6 Å². The van der Waals surface area contributed by atoms with Crippen molar-refractivity contribution in [1.82, 2.24) is 9.73 Å². The molecule has 0 heterocycles. The summed E-state index contributed by atoms with van der Waals surface area (Å²) in [6, 6.07) is 18.5. The second-order valence-electron chi connectivity index (χ2n) is 7.06. The third-order valence-corrected chi connectivity index (χ3v) is 6.55. The minimum atomic E-state index is -4.04. The highest BCUT2D eigenvalue weighted by Crippen LogP contribution is 2.20. The van der Waals surface area contributed by atoms with Crippen LogP contribution in [0.5, 0.6) is 0 Å². The number of nitrogens with one attached hydrogen (secondary N) is 1. The Hall–Kier alpha value is -3.07. The Morgan fingerprint density at radius 3 is 2.44 bits per heavy atom. The first-order valence-electron chi connectivity index (χ1n) is 9.63.